The summed E-state index contributed by atoms with van der Waals surface area (Å²) in [5.74, 6) is 0. The third kappa shape index (κ3) is 5.77. The summed E-state index contributed by atoms with van der Waals surface area (Å²) in [6.45, 7) is 8.03. The van der Waals surface area contributed by atoms with E-state index in [1.54, 1.807) is 0 Å². The van der Waals surface area contributed by atoms with Crippen LogP contribution in [0.1, 0.15) is 62.1 Å². The van der Waals surface area contributed by atoms with Crippen LogP contribution in [-0.4, -0.2) is 34.7 Å². The summed E-state index contributed by atoms with van der Waals surface area (Å²) in [5, 5.41) is 0. The van der Waals surface area contributed by atoms with Gasteiger partial charge in [-0.2, -0.15) is 8.42 Å². The summed E-state index contributed by atoms with van der Waals surface area (Å²) in [6.07, 6.45) is 7.49. The van der Waals surface area contributed by atoms with Crippen LogP contribution in [0.5, 0.6) is 0 Å². The van der Waals surface area contributed by atoms with Crippen molar-refractivity contribution < 1.29 is 17.9 Å². The third-order valence-corrected chi connectivity index (χ3v) is 6.19. The number of amides is 1. The fourth-order valence-corrected chi connectivity index (χ4v) is 4.69. The van der Waals surface area contributed by atoms with Gasteiger partial charge in [0.25, 0.3) is 0 Å². The van der Waals surface area contributed by atoms with Crippen LogP contribution >= 0.6 is 0 Å². The van der Waals surface area contributed by atoms with E-state index in [0.717, 1.165) is 37.7 Å². The second kappa shape index (κ2) is 10.0. The van der Waals surface area contributed by atoms with Crippen LogP contribution < -0.4 is 14.3 Å². The van der Waals surface area contributed by atoms with E-state index in [-0.39, 0.29) is 0 Å². The number of anilines is 2. The molecule has 1 amide bonds. The van der Waals surface area contributed by atoms with Gasteiger partial charge in [-0.05, 0) is 49.4 Å². The van der Waals surface area contributed by atoms with Crippen LogP contribution in [-0.2, 0) is 21.4 Å². The quantitative estimate of drug-likeness (QED) is 0.567. The van der Waals surface area contributed by atoms with Crippen LogP contribution in [0.2, 0.25) is 0 Å². The lowest BCUT2D eigenvalue weighted by Crippen LogP contribution is -2.35. The Bertz CT molecular complexity index is 793. The molecule has 1 aromatic rings. The van der Waals surface area contributed by atoms with E-state index in [1.807, 2.05) is 24.6 Å². The van der Waals surface area contributed by atoms with Crippen molar-refractivity contribution in [2.24, 2.45) is 0 Å². The van der Waals surface area contributed by atoms with Crippen molar-refractivity contribution >= 4 is 27.7 Å². The zero-order chi connectivity index (χ0) is 20.7. The molecular formula is C20H33N3O4S. The predicted molar refractivity (Wildman–Crippen MR) is 113 cm³/mol. The molecule has 0 saturated carbocycles. The Hall–Kier alpha value is -1.96. The maximum atomic E-state index is 12.2. The number of ether oxygens (including phenoxy) is 1. The molecule has 0 aromatic heterocycles. The largest absolute Gasteiger partial charge is 0.452 e. The number of benzene rings is 1. The minimum absolute atomic E-state index is 0.525. The van der Waals surface area contributed by atoms with Crippen molar-refractivity contribution in [1.29, 1.82) is 0 Å². The molecule has 28 heavy (non-hydrogen) atoms. The first-order valence-electron chi connectivity index (χ1n) is 10.1. The molecule has 0 unspecified atom stereocenters. The zero-order valence-corrected chi connectivity index (χ0v) is 18.2. The second-order valence-corrected chi connectivity index (χ2v) is 8.81. The van der Waals surface area contributed by atoms with Gasteiger partial charge in [-0.25, -0.2) is 9.52 Å². The van der Waals surface area contributed by atoms with Gasteiger partial charge >= 0.3 is 16.3 Å². The molecule has 0 spiro atoms. The molecule has 1 aromatic carbocycles. The molecule has 0 atom stereocenters. The topological polar surface area (TPSA) is 87.7 Å². The van der Waals surface area contributed by atoms with Crippen LogP contribution in [0.3, 0.4) is 0 Å². The van der Waals surface area contributed by atoms with E-state index in [1.165, 1.54) is 49.8 Å². The summed E-state index contributed by atoms with van der Waals surface area (Å²) in [7, 11) is -2.92. The molecule has 0 fully saturated rings. The molecule has 0 aliphatic carbocycles. The Balaban J connectivity index is 2.07. The van der Waals surface area contributed by atoms with E-state index >= 15 is 0 Å². The Morgan fingerprint density at radius 2 is 1.86 bits per heavy atom. The van der Waals surface area contributed by atoms with Crippen LogP contribution in [0.15, 0.2) is 6.07 Å². The first-order valence-corrected chi connectivity index (χ1v) is 11.5. The van der Waals surface area contributed by atoms with E-state index in [2.05, 4.69) is 21.3 Å². The highest BCUT2D eigenvalue weighted by Crippen LogP contribution is 2.37. The summed E-state index contributed by atoms with van der Waals surface area (Å²) in [4.78, 5) is 13.6. The van der Waals surface area contributed by atoms with Gasteiger partial charge in [-0.15, -0.1) is 0 Å². The minimum Gasteiger partial charge on any atom is -0.452 e. The lowest BCUT2D eigenvalue weighted by atomic mass is 10.0. The van der Waals surface area contributed by atoms with E-state index in [9.17, 15) is 13.2 Å². The van der Waals surface area contributed by atoms with Crippen LogP contribution in [0, 0.1) is 13.8 Å². The molecule has 1 heterocycles. The first kappa shape index (κ1) is 22.3. The van der Waals surface area contributed by atoms with E-state index in [0.29, 0.717) is 5.69 Å². The fraction of sp³-hybridized carbons (Fsp3) is 0.650. The van der Waals surface area contributed by atoms with Gasteiger partial charge in [0.05, 0.1) is 12.8 Å². The van der Waals surface area contributed by atoms with Crippen LogP contribution in [0.25, 0.3) is 0 Å². The lowest BCUT2D eigenvalue weighted by molar-refractivity contribution is 0.177. The number of carbonyl (C=O) groups excluding carboxylic acids is 1. The van der Waals surface area contributed by atoms with Gasteiger partial charge in [0.2, 0.25) is 0 Å². The molecule has 2 N–H and O–H groups in total. The number of nitrogens with zero attached hydrogens (tertiary/aromatic N) is 1. The highest BCUT2D eigenvalue weighted by Gasteiger charge is 2.25. The summed E-state index contributed by atoms with van der Waals surface area (Å²) in [6, 6.07) is 2.04. The molecule has 2 rings (SSSR count). The zero-order valence-electron chi connectivity index (χ0n) is 17.4. The second-order valence-electron chi connectivity index (χ2n) is 7.40. The normalized spacial score (nSPS) is 13.4. The fourth-order valence-electron chi connectivity index (χ4n) is 3.75. The molecule has 0 saturated heterocycles. The van der Waals surface area contributed by atoms with Crippen molar-refractivity contribution in [3.05, 3.63) is 22.8 Å². The van der Waals surface area contributed by atoms with Crippen molar-refractivity contribution in [2.45, 2.75) is 65.7 Å². The number of fused-ring (bicyclic) bond motifs is 1. The van der Waals surface area contributed by atoms with Crippen molar-refractivity contribution in [3.63, 3.8) is 0 Å². The van der Waals surface area contributed by atoms with E-state index in [4.69, 9.17) is 0 Å². The summed E-state index contributed by atoms with van der Waals surface area (Å²) in [5.41, 5.74) is 4.65. The number of methoxy groups -OCH3 is 1. The van der Waals surface area contributed by atoms with Gasteiger partial charge in [-0.1, -0.05) is 39.0 Å². The highest BCUT2D eigenvalue weighted by atomic mass is 32.2. The third-order valence-electron chi connectivity index (χ3n) is 5.28. The van der Waals surface area contributed by atoms with Gasteiger partial charge in [0.15, 0.2) is 0 Å². The SMILES string of the molecule is CCCCCCCCN1CCc2c1cc(C)c(NS(=O)(=O)NC(=O)OC)c2C. The number of nitrogens with one attached hydrogen (secondary N) is 2. The van der Waals surface area contributed by atoms with Gasteiger partial charge < -0.3 is 9.64 Å². The van der Waals surface area contributed by atoms with Crippen molar-refractivity contribution in [2.75, 3.05) is 29.8 Å². The molecular weight excluding hydrogens is 378 g/mol. The average Bonchev–Trinajstić information content (AvgIpc) is 3.04. The van der Waals surface area contributed by atoms with E-state index < -0.39 is 16.3 Å². The molecule has 1 aliphatic rings. The number of hydrogen-bond donors (Lipinski definition) is 2. The maximum Gasteiger partial charge on any atom is 0.422 e. The first-order chi connectivity index (χ1) is 13.3. The van der Waals surface area contributed by atoms with Gasteiger partial charge in [0.1, 0.15) is 0 Å². The summed E-state index contributed by atoms with van der Waals surface area (Å²) >= 11 is 0. The molecule has 0 radical (unpaired) electrons. The summed E-state index contributed by atoms with van der Waals surface area (Å²) < 4.78 is 33.0. The van der Waals surface area contributed by atoms with Crippen LogP contribution in [0.4, 0.5) is 16.2 Å². The maximum absolute atomic E-state index is 12.2. The molecule has 1 aliphatic heterocycles. The number of rotatable bonds is 10. The van der Waals surface area contributed by atoms with Crippen molar-refractivity contribution in [3.8, 4) is 0 Å². The highest BCUT2D eigenvalue weighted by molar-refractivity contribution is 7.91. The standard InChI is InChI=1S/C20H33N3O4S/c1-5-6-7-8-9-10-12-23-13-11-17-16(3)19(15(2)14-18(17)23)21-28(25,26)22-20(24)27-4/h14,21H,5-13H2,1-4H3,(H,22,24). The number of unbranched alkanes of at least 4 members (excludes halogenated alkanes) is 5. The Labute approximate surface area is 169 Å². The monoisotopic (exact) mass is 411 g/mol. The molecule has 0 bridgehead atoms. The molecule has 158 valence electrons. The Morgan fingerprint density at radius 3 is 2.54 bits per heavy atom. The number of aryl methyl sites for hydroxylation is 1. The minimum atomic E-state index is -4.04. The van der Waals surface area contributed by atoms with Gasteiger partial charge in [0, 0.05) is 18.8 Å². The molecule has 7 nitrogen and oxygen atoms in total. The smallest absolute Gasteiger partial charge is 0.422 e. The lowest BCUT2D eigenvalue weighted by Gasteiger charge is -2.22. The average molecular weight is 412 g/mol. The Kier molecular flexibility index (Phi) is 7.98. The number of carbonyl (C=O) groups is 1. The molecule has 8 heteroatoms. The number of hydrogen-bond acceptors (Lipinski definition) is 5. The predicted octanol–water partition coefficient (Wildman–Crippen LogP) is 4.04. The van der Waals surface area contributed by atoms with Crippen molar-refractivity contribution in [1.82, 2.24) is 4.72 Å². The van der Waals surface area contributed by atoms with Gasteiger partial charge in [-0.3, -0.25) is 4.72 Å². The Morgan fingerprint density at radius 1 is 1.18 bits per heavy atom.